The number of fused-ring (bicyclic) bond motifs is 3. The molecule has 1 aliphatic heterocycles. The van der Waals surface area contributed by atoms with Crippen LogP contribution in [0.4, 0.5) is 13.2 Å². The van der Waals surface area contributed by atoms with Crippen molar-refractivity contribution in [2.75, 3.05) is 0 Å². The number of aromatic nitrogens is 4. The normalized spacial score (nSPS) is 15.8. The maximum atomic E-state index is 14.9. The van der Waals surface area contributed by atoms with E-state index in [0.29, 0.717) is 29.8 Å². The predicted molar refractivity (Wildman–Crippen MR) is 86.0 cm³/mol. The van der Waals surface area contributed by atoms with E-state index in [1.165, 1.54) is 17.1 Å². The Labute approximate surface area is 142 Å². The van der Waals surface area contributed by atoms with Gasteiger partial charge < -0.3 is 0 Å². The van der Waals surface area contributed by atoms with E-state index in [1.807, 2.05) is 6.92 Å². The number of benzene rings is 1. The van der Waals surface area contributed by atoms with Gasteiger partial charge in [-0.3, -0.25) is 9.55 Å². The van der Waals surface area contributed by atoms with Crippen LogP contribution >= 0.6 is 0 Å². The van der Waals surface area contributed by atoms with Crippen molar-refractivity contribution in [1.29, 1.82) is 0 Å². The molecule has 0 amide bonds. The van der Waals surface area contributed by atoms with Crippen LogP contribution < -0.4 is 0 Å². The lowest BCUT2D eigenvalue weighted by Crippen LogP contribution is -2.18. The third-order valence-electron chi connectivity index (χ3n) is 4.69. The Bertz CT molecular complexity index is 981. The lowest BCUT2D eigenvalue weighted by atomic mass is 9.90. The van der Waals surface area contributed by atoms with Crippen LogP contribution in [0, 0.1) is 17.5 Å². The van der Waals surface area contributed by atoms with Gasteiger partial charge in [-0.1, -0.05) is 13.8 Å². The van der Waals surface area contributed by atoms with Gasteiger partial charge in [-0.2, -0.15) is 0 Å². The Balaban J connectivity index is 1.99. The highest BCUT2D eigenvalue weighted by molar-refractivity contribution is 5.71. The van der Waals surface area contributed by atoms with E-state index in [-0.39, 0.29) is 22.7 Å². The van der Waals surface area contributed by atoms with Crippen molar-refractivity contribution in [2.24, 2.45) is 0 Å². The van der Waals surface area contributed by atoms with E-state index in [4.69, 9.17) is 0 Å². The predicted octanol–water partition coefficient (Wildman–Crippen LogP) is 3.97. The molecule has 0 bridgehead atoms. The van der Waals surface area contributed by atoms with Crippen molar-refractivity contribution in [2.45, 2.75) is 32.6 Å². The van der Waals surface area contributed by atoms with Gasteiger partial charge in [0.1, 0.15) is 18.0 Å². The van der Waals surface area contributed by atoms with Crippen LogP contribution in [0.25, 0.3) is 16.8 Å². The van der Waals surface area contributed by atoms with Crippen molar-refractivity contribution in [3.05, 3.63) is 59.2 Å². The van der Waals surface area contributed by atoms with Gasteiger partial charge in [0.15, 0.2) is 11.6 Å². The topological polar surface area (TPSA) is 43.6 Å². The highest BCUT2D eigenvalue weighted by Crippen LogP contribution is 2.38. The van der Waals surface area contributed by atoms with E-state index in [9.17, 15) is 13.2 Å². The SMILES string of the molecule is CCc1c(F)cncc1-c1cc2c(c(F)c1F)-n1cnnc1C(C)C2. The summed E-state index contributed by atoms with van der Waals surface area (Å²) >= 11 is 0. The van der Waals surface area contributed by atoms with Crippen LogP contribution in [-0.4, -0.2) is 19.7 Å². The summed E-state index contributed by atoms with van der Waals surface area (Å²) in [5.74, 6) is -1.90. The monoisotopic (exact) mass is 344 g/mol. The van der Waals surface area contributed by atoms with E-state index in [1.54, 1.807) is 13.0 Å². The molecular weight excluding hydrogens is 329 g/mol. The summed E-state index contributed by atoms with van der Waals surface area (Å²) in [5.41, 5.74) is 1.40. The van der Waals surface area contributed by atoms with Gasteiger partial charge in [-0.25, -0.2) is 13.2 Å². The second kappa shape index (κ2) is 5.68. The molecule has 2 aromatic heterocycles. The van der Waals surface area contributed by atoms with Crippen LogP contribution in [0.2, 0.25) is 0 Å². The molecule has 4 nitrogen and oxygen atoms in total. The van der Waals surface area contributed by atoms with Crippen LogP contribution in [0.3, 0.4) is 0 Å². The maximum absolute atomic E-state index is 14.9. The van der Waals surface area contributed by atoms with Crippen molar-refractivity contribution < 1.29 is 13.2 Å². The van der Waals surface area contributed by atoms with Gasteiger partial charge in [-0.15, -0.1) is 10.2 Å². The molecule has 25 heavy (non-hydrogen) atoms. The van der Waals surface area contributed by atoms with Crippen LogP contribution in [0.1, 0.15) is 36.7 Å². The molecule has 3 aromatic rings. The third kappa shape index (κ3) is 2.26. The average Bonchev–Trinajstić information content (AvgIpc) is 3.08. The number of halogens is 3. The number of nitrogens with zero attached hydrogens (tertiary/aromatic N) is 4. The van der Waals surface area contributed by atoms with Gasteiger partial charge in [0.25, 0.3) is 0 Å². The molecule has 0 aliphatic carbocycles. The van der Waals surface area contributed by atoms with Crippen molar-refractivity contribution in [3.8, 4) is 16.8 Å². The van der Waals surface area contributed by atoms with Gasteiger partial charge in [0.2, 0.25) is 0 Å². The zero-order chi connectivity index (χ0) is 17.7. The van der Waals surface area contributed by atoms with Crippen molar-refractivity contribution >= 4 is 0 Å². The Kier molecular flexibility index (Phi) is 3.59. The molecule has 3 heterocycles. The second-order valence-electron chi connectivity index (χ2n) is 6.23. The molecule has 0 saturated heterocycles. The molecule has 128 valence electrons. The molecule has 1 atom stereocenters. The lowest BCUT2D eigenvalue weighted by Gasteiger charge is -2.24. The summed E-state index contributed by atoms with van der Waals surface area (Å²) in [6.07, 6.45) is 4.70. The summed E-state index contributed by atoms with van der Waals surface area (Å²) in [4.78, 5) is 3.81. The number of hydrogen-bond donors (Lipinski definition) is 0. The van der Waals surface area contributed by atoms with Gasteiger partial charge in [0.05, 0.1) is 11.9 Å². The average molecular weight is 344 g/mol. The third-order valence-corrected chi connectivity index (χ3v) is 4.69. The van der Waals surface area contributed by atoms with Crippen molar-refractivity contribution in [3.63, 3.8) is 0 Å². The minimum atomic E-state index is -1.02. The zero-order valence-corrected chi connectivity index (χ0v) is 13.7. The molecule has 0 spiro atoms. The molecule has 1 aliphatic rings. The molecular formula is C18H15F3N4. The Morgan fingerprint density at radius 2 is 1.96 bits per heavy atom. The number of rotatable bonds is 2. The zero-order valence-electron chi connectivity index (χ0n) is 13.7. The fourth-order valence-corrected chi connectivity index (χ4v) is 3.51. The van der Waals surface area contributed by atoms with E-state index < -0.39 is 17.5 Å². The minimum Gasteiger partial charge on any atom is -0.282 e. The lowest BCUT2D eigenvalue weighted by molar-refractivity contribution is 0.496. The minimum absolute atomic E-state index is 0.0176. The first-order valence-electron chi connectivity index (χ1n) is 8.06. The first-order valence-corrected chi connectivity index (χ1v) is 8.06. The van der Waals surface area contributed by atoms with Crippen LogP contribution in [0.15, 0.2) is 24.8 Å². The fourth-order valence-electron chi connectivity index (χ4n) is 3.51. The smallest absolute Gasteiger partial charge is 0.183 e. The molecule has 7 heteroatoms. The standard InChI is InChI=1S/C18H15F3N4/c1-3-11-13(6-22-7-14(11)19)12-5-10-4-9(2)18-24-23-8-25(18)17(10)16(21)15(12)20/h5-9H,3-4H2,1-2H3. The summed E-state index contributed by atoms with van der Waals surface area (Å²) < 4.78 is 45.2. The van der Waals surface area contributed by atoms with Gasteiger partial charge >= 0.3 is 0 Å². The number of pyridine rings is 1. The first kappa shape index (κ1) is 15.8. The summed E-state index contributed by atoms with van der Waals surface area (Å²) in [6, 6.07) is 1.59. The van der Waals surface area contributed by atoms with E-state index in [0.717, 1.165) is 6.20 Å². The highest BCUT2D eigenvalue weighted by atomic mass is 19.2. The molecule has 4 rings (SSSR count). The quantitative estimate of drug-likeness (QED) is 0.707. The van der Waals surface area contributed by atoms with Gasteiger partial charge in [0, 0.05) is 23.2 Å². The maximum Gasteiger partial charge on any atom is 0.183 e. The van der Waals surface area contributed by atoms with Crippen LogP contribution in [0.5, 0.6) is 0 Å². The van der Waals surface area contributed by atoms with Crippen LogP contribution in [-0.2, 0) is 12.8 Å². The Morgan fingerprint density at radius 3 is 2.72 bits per heavy atom. The Morgan fingerprint density at radius 1 is 1.16 bits per heavy atom. The van der Waals surface area contributed by atoms with Crippen molar-refractivity contribution in [1.82, 2.24) is 19.7 Å². The summed E-state index contributed by atoms with van der Waals surface area (Å²) in [6.45, 7) is 3.71. The number of hydrogen-bond acceptors (Lipinski definition) is 3. The molecule has 1 aromatic carbocycles. The van der Waals surface area contributed by atoms with E-state index >= 15 is 0 Å². The highest BCUT2D eigenvalue weighted by Gasteiger charge is 2.30. The van der Waals surface area contributed by atoms with E-state index in [2.05, 4.69) is 15.2 Å². The largest absolute Gasteiger partial charge is 0.282 e. The molecule has 0 fully saturated rings. The summed E-state index contributed by atoms with van der Waals surface area (Å²) in [5, 5.41) is 7.80. The summed E-state index contributed by atoms with van der Waals surface area (Å²) in [7, 11) is 0. The van der Waals surface area contributed by atoms with Gasteiger partial charge in [-0.05, 0) is 30.0 Å². The first-order chi connectivity index (χ1) is 12.0. The molecule has 0 N–H and O–H groups in total. The molecule has 0 saturated carbocycles. The fraction of sp³-hybridized carbons (Fsp3) is 0.278. The Hall–Kier alpha value is -2.70. The molecule has 0 radical (unpaired) electrons. The second-order valence-corrected chi connectivity index (χ2v) is 6.23. The molecule has 1 unspecified atom stereocenters.